The number of benzene rings is 2. The van der Waals surface area contributed by atoms with Crippen LogP contribution >= 0.6 is 11.6 Å². The second-order valence-electron chi connectivity index (χ2n) is 6.73. The van der Waals surface area contributed by atoms with Crippen LogP contribution in [0, 0.1) is 0 Å². The van der Waals surface area contributed by atoms with Crippen LogP contribution in [0.5, 0.6) is 5.75 Å². The molecule has 0 aromatic heterocycles. The van der Waals surface area contributed by atoms with E-state index in [1.807, 2.05) is 73.2 Å². The topological polar surface area (TPSA) is 32.8 Å². The van der Waals surface area contributed by atoms with Crippen LogP contribution < -0.4 is 4.74 Å². The molecule has 1 amide bonds. The molecule has 0 spiro atoms. The van der Waals surface area contributed by atoms with Crippen LogP contribution in [0.2, 0.25) is 5.02 Å². The van der Waals surface area contributed by atoms with Gasteiger partial charge in [0.15, 0.2) is 0 Å². The molecule has 26 heavy (non-hydrogen) atoms. The Labute approximate surface area is 161 Å². The molecule has 0 saturated carbocycles. The second-order valence-corrected chi connectivity index (χ2v) is 7.17. The van der Waals surface area contributed by atoms with E-state index in [2.05, 4.69) is 0 Å². The molecular weight excluding hydrogens is 348 g/mol. The zero-order chi connectivity index (χ0) is 19.1. The summed E-state index contributed by atoms with van der Waals surface area (Å²) in [7, 11) is 3.57. The van der Waals surface area contributed by atoms with Gasteiger partial charge in [0.25, 0.3) is 0 Å². The van der Waals surface area contributed by atoms with Gasteiger partial charge in [0.1, 0.15) is 5.75 Å². The fourth-order valence-electron chi connectivity index (χ4n) is 2.88. The van der Waals surface area contributed by atoms with Crippen LogP contribution in [0.4, 0.5) is 0 Å². The van der Waals surface area contributed by atoms with Crippen molar-refractivity contribution in [2.75, 3.05) is 20.7 Å². The summed E-state index contributed by atoms with van der Waals surface area (Å²) in [6, 6.07) is 15.7. The summed E-state index contributed by atoms with van der Waals surface area (Å²) in [5.41, 5.74) is 2.10. The number of ether oxygens (including phenoxy) is 1. The molecular formula is C21H27ClN2O2. The van der Waals surface area contributed by atoms with Gasteiger partial charge in [-0.1, -0.05) is 41.9 Å². The summed E-state index contributed by atoms with van der Waals surface area (Å²) < 4.78 is 5.39. The van der Waals surface area contributed by atoms with Crippen molar-refractivity contribution in [2.45, 2.75) is 33.0 Å². The highest BCUT2D eigenvalue weighted by molar-refractivity contribution is 6.30. The molecule has 5 heteroatoms. The lowest BCUT2D eigenvalue weighted by Crippen LogP contribution is -2.42. The van der Waals surface area contributed by atoms with Crippen molar-refractivity contribution in [1.82, 2.24) is 9.80 Å². The van der Waals surface area contributed by atoms with Crippen molar-refractivity contribution in [3.63, 3.8) is 0 Å². The molecule has 0 aliphatic carbocycles. The summed E-state index contributed by atoms with van der Waals surface area (Å²) in [6.07, 6.45) is 0. The molecule has 0 radical (unpaired) electrons. The molecule has 0 atom stereocenters. The average molecular weight is 375 g/mol. The lowest BCUT2D eigenvalue weighted by Gasteiger charge is -2.29. The van der Waals surface area contributed by atoms with Gasteiger partial charge in [-0.2, -0.15) is 0 Å². The fraction of sp³-hybridized carbons (Fsp3) is 0.381. The maximum Gasteiger partial charge on any atom is 0.237 e. The summed E-state index contributed by atoms with van der Waals surface area (Å²) >= 11 is 6.10. The molecule has 2 aromatic rings. The van der Waals surface area contributed by atoms with Crippen LogP contribution in [0.3, 0.4) is 0 Å². The monoisotopic (exact) mass is 374 g/mol. The highest BCUT2D eigenvalue weighted by Gasteiger charge is 2.19. The molecule has 0 saturated heterocycles. The number of methoxy groups -OCH3 is 1. The van der Waals surface area contributed by atoms with Crippen LogP contribution in [-0.4, -0.2) is 42.5 Å². The third kappa shape index (κ3) is 5.75. The Bertz CT molecular complexity index is 719. The number of amides is 1. The van der Waals surface area contributed by atoms with Crippen molar-refractivity contribution < 1.29 is 9.53 Å². The number of carbonyl (C=O) groups excluding carboxylic acids is 1. The van der Waals surface area contributed by atoms with E-state index in [9.17, 15) is 4.79 Å². The Balaban J connectivity index is 2.03. The minimum absolute atomic E-state index is 0.104. The Morgan fingerprint density at radius 3 is 2.42 bits per heavy atom. The molecule has 0 fully saturated rings. The van der Waals surface area contributed by atoms with Gasteiger partial charge in [-0.05, 0) is 44.7 Å². The predicted molar refractivity (Wildman–Crippen MR) is 106 cm³/mol. The molecule has 0 unspecified atom stereocenters. The lowest BCUT2D eigenvalue weighted by atomic mass is 10.1. The van der Waals surface area contributed by atoms with Gasteiger partial charge < -0.3 is 9.64 Å². The van der Waals surface area contributed by atoms with E-state index in [1.54, 1.807) is 13.2 Å². The van der Waals surface area contributed by atoms with E-state index in [4.69, 9.17) is 16.3 Å². The maximum absolute atomic E-state index is 12.8. The molecule has 2 rings (SSSR count). The van der Waals surface area contributed by atoms with Crippen molar-refractivity contribution in [3.8, 4) is 5.75 Å². The molecule has 0 bridgehead atoms. The van der Waals surface area contributed by atoms with Gasteiger partial charge in [-0.25, -0.2) is 0 Å². The summed E-state index contributed by atoms with van der Waals surface area (Å²) in [4.78, 5) is 16.7. The van der Waals surface area contributed by atoms with E-state index >= 15 is 0 Å². The van der Waals surface area contributed by atoms with Crippen LogP contribution in [0.1, 0.15) is 25.0 Å². The number of hydrogen-bond donors (Lipinski definition) is 0. The smallest absolute Gasteiger partial charge is 0.237 e. The number of halogens is 1. The Morgan fingerprint density at radius 1 is 1.12 bits per heavy atom. The fourth-order valence-corrected chi connectivity index (χ4v) is 3.07. The Morgan fingerprint density at radius 2 is 1.81 bits per heavy atom. The first-order chi connectivity index (χ1) is 12.4. The SMILES string of the molecule is COc1ccc(Cl)cc1CN(C)CC(=O)N(Cc1ccccc1)C(C)C. The molecule has 2 aromatic carbocycles. The first kappa shape index (κ1) is 20.3. The van der Waals surface area contributed by atoms with Crippen molar-refractivity contribution >= 4 is 17.5 Å². The molecule has 140 valence electrons. The first-order valence-corrected chi connectivity index (χ1v) is 9.13. The summed E-state index contributed by atoms with van der Waals surface area (Å²) in [5.74, 6) is 0.881. The highest BCUT2D eigenvalue weighted by Crippen LogP contribution is 2.23. The molecule has 0 N–H and O–H groups in total. The zero-order valence-corrected chi connectivity index (χ0v) is 16.7. The summed E-state index contributed by atoms with van der Waals surface area (Å²) in [5, 5.41) is 0.661. The largest absolute Gasteiger partial charge is 0.496 e. The van der Waals surface area contributed by atoms with Gasteiger partial charge in [-0.3, -0.25) is 9.69 Å². The first-order valence-electron chi connectivity index (χ1n) is 8.75. The lowest BCUT2D eigenvalue weighted by molar-refractivity contribution is -0.134. The van der Waals surface area contributed by atoms with Crippen molar-refractivity contribution in [1.29, 1.82) is 0 Å². The number of nitrogens with zero attached hydrogens (tertiary/aromatic N) is 2. The number of rotatable bonds is 8. The van der Waals surface area contributed by atoms with Crippen LogP contribution in [0.15, 0.2) is 48.5 Å². The number of hydrogen-bond acceptors (Lipinski definition) is 3. The van der Waals surface area contributed by atoms with Gasteiger partial charge in [0, 0.05) is 29.7 Å². The van der Waals surface area contributed by atoms with Gasteiger partial charge in [0.05, 0.1) is 13.7 Å². The number of carbonyl (C=O) groups is 1. The molecule has 4 nitrogen and oxygen atoms in total. The van der Waals surface area contributed by atoms with E-state index in [0.717, 1.165) is 16.9 Å². The minimum atomic E-state index is 0.104. The van der Waals surface area contributed by atoms with E-state index in [-0.39, 0.29) is 11.9 Å². The van der Waals surface area contributed by atoms with Gasteiger partial charge in [0.2, 0.25) is 5.91 Å². The van der Waals surface area contributed by atoms with E-state index < -0.39 is 0 Å². The molecule has 0 aliphatic rings. The van der Waals surface area contributed by atoms with E-state index in [1.165, 1.54) is 0 Å². The Hall–Kier alpha value is -2.04. The van der Waals surface area contributed by atoms with Crippen LogP contribution in [0.25, 0.3) is 0 Å². The normalized spacial score (nSPS) is 11.0. The van der Waals surface area contributed by atoms with Crippen LogP contribution in [-0.2, 0) is 17.9 Å². The molecule has 0 aliphatic heterocycles. The Kier molecular flexibility index (Phi) is 7.49. The third-order valence-electron chi connectivity index (χ3n) is 4.23. The quantitative estimate of drug-likeness (QED) is 0.693. The standard InChI is InChI=1S/C21H27ClN2O2/c1-16(2)24(13-17-8-6-5-7-9-17)21(25)15-23(3)14-18-12-19(22)10-11-20(18)26-4/h5-12,16H,13-15H2,1-4H3. The van der Waals surface area contributed by atoms with E-state index in [0.29, 0.717) is 24.7 Å². The predicted octanol–water partition coefficient (Wildman–Crippen LogP) is 4.22. The van der Waals surface area contributed by atoms with Crippen molar-refractivity contribution in [3.05, 3.63) is 64.7 Å². The number of likely N-dealkylation sites (N-methyl/N-ethyl adjacent to an activating group) is 1. The minimum Gasteiger partial charge on any atom is -0.496 e. The maximum atomic E-state index is 12.8. The van der Waals surface area contributed by atoms with Gasteiger partial charge in [-0.15, -0.1) is 0 Å². The molecule has 0 heterocycles. The second kappa shape index (κ2) is 9.60. The third-order valence-corrected chi connectivity index (χ3v) is 4.46. The average Bonchev–Trinajstić information content (AvgIpc) is 2.60. The zero-order valence-electron chi connectivity index (χ0n) is 15.9. The highest BCUT2D eigenvalue weighted by atomic mass is 35.5. The van der Waals surface area contributed by atoms with Gasteiger partial charge >= 0.3 is 0 Å². The van der Waals surface area contributed by atoms with Crippen molar-refractivity contribution in [2.24, 2.45) is 0 Å². The summed E-state index contributed by atoms with van der Waals surface area (Å²) in [6.45, 7) is 5.63.